The van der Waals surface area contributed by atoms with Crippen LogP contribution in [0.15, 0.2) is 97.1 Å². The van der Waals surface area contributed by atoms with Crippen molar-refractivity contribution in [3.8, 4) is 90.5 Å². The molecular formula is C76H70Br8N4O16. The third-order valence-corrected chi connectivity index (χ3v) is 17.6. The van der Waals surface area contributed by atoms with Gasteiger partial charge in [0.05, 0.1) is 22.8 Å². The zero-order chi connectivity index (χ0) is 77.1. The molecule has 7 aromatic rings. The number of nitrogens with one attached hydrogen (secondary N) is 2. The van der Waals surface area contributed by atoms with Crippen LogP contribution in [0.5, 0.6) is 46.0 Å². The number of ether oxygens (including phenoxy) is 8. The second-order valence-electron chi connectivity index (χ2n) is 28.2. The van der Waals surface area contributed by atoms with E-state index in [0.717, 1.165) is 0 Å². The molecule has 5 heterocycles. The molecule has 0 unspecified atom stereocenters. The number of fused-ring (bicyclic) bond motifs is 8. The van der Waals surface area contributed by atoms with Gasteiger partial charge in [-0.25, -0.2) is 9.97 Å². The lowest BCUT2D eigenvalue weighted by Crippen LogP contribution is -2.30. The van der Waals surface area contributed by atoms with Crippen LogP contribution in [0.3, 0.4) is 0 Å². The van der Waals surface area contributed by atoms with Crippen LogP contribution in [0.1, 0.15) is 134 Å². The highest BCUT2D eigenvalue weighted by Gasteiger charge is 2.35. The second kappa shape index (κ2) is 30.4. The van der Waals surface area contributed by atoms with E-state index in [0.29, 0.717) is 66.6 Å². The molecule has 4 aromatic carbocycles. The predicted molar refractivity (Wildman–Crippen MR) is 430 cm³/mol. The maximum Gasteiger partial charge on any atom is 0.327 e. The van der Waals surface area contributed by atoms with Crippen molar-refractivity contribution in [1.29, 1.82) is 0 Å². The summed E-state index contributed by atoms with van der Waals surface area (Å²) < 4.78 is 39.0. The highest BCUT2D eigenvalue weighted by Crippen LogP contribution is 2.45. The molecule has 28 heteroatoms. The average Bonchev–Trinajstić information content (AvgIpc) is 1.58. The highest BCUT2D eigenvalue weighted by atomic mass is 79.9. The molecule has 0 radical (unpaired) electrons. The van der Waals surface area contributed by atoms with Gasteiger partial charge >= 0.3 is 47.8 Å². The minimum Gasteiger partial charge on any atom is -0.425 e. The number of aromatic amines is 2. The number of aromatic nitrogens is 4. The third kappa shape index (κ3) is 20.0. The van der Waals surface area contributed by atoms with Gasteiger partial charge in [-0.15, -0.1) is 0 Å². The van der Waals surface area contributed by atoms with Gasteiger partial charge in [0.25, 0.3) is 0 Å². The highest BCUT2D eigenvalue weighted by molar-refractivity contribution is 9.11. The Morgan fingerprint density at radius 1 is 0.250 bits per heavy atom. The van der Waals surface area contributed by atoms with E-state index in [1.807, 2.05) is 0 Å². The molecule has 0 aliphatic carbocycles. The van der Waals surface area contributed by atoms with Gasteiger partial charge in [-0.2, -0.15) is 0 Å². The average molecular weight is 1930 g/mol. The number of hydrogen-bond acceptors (Lipinski definition) is 18. The summed E-state index contributed by atoms with van der Waals surface area (Å²) in [6.07, 6.45) is 6.91. The van der Waals surface area contributed by atoms with Gasteiger partial charge in [-0.1, -0.05) is 127 Å². The van der Waals surface area contributed by atoms with Crippen molar-refractivity contribution in [2.24, 2.45) is 0 Å². The number of halogens is 8. The molecule has 2 aliphatic heterocycles. The third-order valence-electron chi connectivity index (χ3n) is 15.0. The SMILES string of the molecule is CC(C)(Br)C(=O)Oc1cc(OC(=O)C(C)(C)Br)cc(-c2c3nc(c(-c4cc(OC(=O)C(C)(C)Br)cc(OC(=O)C(C)(C)Br)c4)c4ccc([nH]4)c(-c4cc(OC(=O)C(C)(C)Br)cc(OC(=O)C(C)(C)Br)c4)c4nc(c(-c5cc(OC(=O)C(C)(C)Br)cc(OC(=O)C(C)(C)Br)c5)c5ccc2[nH]5)C=C4)C=C3)c1. The number of hydrogen-bond donors (Lipinski definition) is 2. The molecule has 9 rings (SSSR count). The topological polar surface area (TPSA) is 268 Å². The molecule has 0 saturated carbocycles. The van der Waals surface area contributed by atoms with Crippen molar-refractivity contribution in [1.82, 2.24) is 19.9 Å². The van der Waals surface area contributed by atoms with E-state index in [-0.39, 0.29) is 68.8 Å². The van der Waals surface area contributed by atoms with E-state index >= 15 is 0 Å². The molecule has 0 fully saturated rings. The Kier molecular flexibility index (Phi) is 23.7. The van der Waals surface area contributed by atoms with E-state index in [1.54, 1.807) is 208 Å². The molecule has 0 saturated heterocycles. The number of nitrogens with zero attached hydrogens (tertiary/aromatic N) is 2. The Bertz CT molecular complexity index is 4170. The zero-order valence-corrected chi connectivity index (χ0v) is 71.7. The number of carbonyl (C=O) groups is 8. The first-order chi connectivity index (χ1) is 47.8. The molecule has 0 spiro atoms. The molecule has 20 nitrogen and oxygen atoms in total. The van der Waals surface area contributed by atoms with E-state index in [9.17, 15) is 38.4 Å². The van der Waals surface area contributed by atoms with E-state index in [1.165, 1.54) is 24.3 Å². The number of H-pyrrole nitrogens is 2. The molecular weight excluding hydrogens is 1860 g/mol. The zero-order valence-electron chi connectivity index (χ0n) is 59.0. The summed E-state index contributed by atoms with van der Waals surface area (Å²) in [6.45, 7) is 25.8. The maximum absolute atomic E-state index is 13.8. The van der Waals surface area contributed by atoms with Crippen LogP contribution in [0, 0.1) is 0 Å². The number of carbonyl (C=O) groups excluding carboxylic acids is 8. The van der Waals surface area contributed by atoms with Crippen LogP contribution in [0.2, 0.25) is 0 Å². The van der Waals surface area contributed by atoms with E-state index < -0.39 is 82.3 Å². The summed E-state index contributed by atoms with van der Waals surface area (Å²) in [7, 11) is 0. The van der Waals surface area contributed by atoms with Crippen molar-refractivity contribution < 1.29 is 76.3 Å². The predicted octanol–water partition coefficient (Wildman–Crippen LogP) is 20.0. The van der Waals surface area contributed by atoms with Crippen molar-refractivity contribution in [3.05, 3.63) is 120 Å². The molecule has 0 amide bonds. The van der Waals surface area contributed by atoms with Crippen molar-refractivity contribution in [2.45, 2.75) is 145 Å². The molecule has 546 valence electrons. The minimum absolute atomic E-state index is 0.0289. The lowest BCUT2D eigenvalue weighted by Gasteiger charge is -2.18. The van der Waals surface area contributed by atoms with Gasteiger partial charge in [-0.3, -0.25) is 38.4 Å². The first-order valence-electron chi connectivity index (χ1n) is 31.9. The fraction of sp³-hybridized carbons (Fsp3) is 0.316. The fourth-order valence-electron chi connectivity index (χ4n) is 9.58. The Morgan fingerprint density at radius 2 is 0.385 bits per heavy atom. The fourth-order valence-corrected chi connectivity index (χ4v) is 10.2. The molecule has 3 aromatic heterocycles. The van der Waals surface area contributed by atoms with Gasteiger partial charge in [-0.05, 0) is 230 Å². The summed E-state index contributed by atoms with van der Waals surface area (Å²) in [5, 5.41) is 0. The Labute approximate surface area is 667 Å². The largest absolute Gasteiger partial charge is 0.425 e. The summed E-state index contributed by atoms with van der Waals surface area (Å²) in [5.41, 5.74) is 4.92. The van der Waals surface area contributed by atoms with Gasteiger partial charge in [0.15, 0.2) is 0 Å². The number of benzene rings is 4. The Morgan fingerprint density at radius 3 is 0.510 bits per heavy atom. The molecule has 8 bridgehead atoms. The molecule has 0 atom stereocenters. The monoisotopic (exact) mass is 1930 g/mol. The second-order valence-corrected chi connectivity index (χ2v) is 44.0. The first kappa shape index (κ1) is 81.2. The smallest absolute Gasteiger partial charge is 0.327 e. The normalized spacial score (nSPS) is 12.8. The maximum atomic E-state index is 13.8. The lowest BCUT2D eigenvalue weighted by molar-refractivity contribution is -0.137. The summed E-state index contributed by atoms with van der Waals surface area (Å²) in [5.74, 6) is -5.75. The van der Waals surface area contributed by atoms with E-state index in [2.05, 4.69) is 137 Å². The molecule has 2 N–H and O–H groups in total. The van der Waals surface area contributed by atoms with Crippen molar-refractivity contribution in [2.75, 3.05) is 0 Å². The Hall–Kier alpha value is -6.92. The van der Waals surface area contributed by atoms with Crippen molar-refractivity contribution >= 4 is 222 Å². The van der Waals surface area contributed by atoms with Crippen molar-refractivity contribution in [3.63, 3.8) is 0 Å². The molecule has 104 heavy (non-hydrogen) atoms. The van der Waals surface area contributed by atoms with E-state index in [4.69, 9.17) is 47.9 Å². The summed E-state index contributed by atoms with van der Waals surface area (Å²) in [4.78, 5) is 129. The quantitative estimate of drug-likeness (QED) is 0.0408. The number of alkyl halides is 8. The van der Waals surface area contributed by atoms with Gasteiger partial charge < -0.3 is 47.9 Å². The van der Waals surface area contributed by atoms with Crippen LogP contribution >= 0.6 is 127 Å². The summed E-state index contributed by atoms with van der Waals surface area (Å²) in [6, 6.07) is 25.3. The van der Waals surface area contributed by atoms with Crippen LogP contribution < -0.4 is 37.9 Å². The molecule has 2 aliphatic rings. The van der Waals surface area contributed by atoms with Gasteiger partial charge in [0.1, 0.15) is 80.6 Å². The number of esters is 8. The van der Waals surface area contributed by atoms with Crippen LogP contribution in [-0.2, 0) is 38.4 Å². The van der Waals surface area contributed by atoms with Crippen LogP contribution in [0.25, 0.3) is 90.9 Å². The standard InChI is InChI=1S/C76H70Br8N4O16/c1-69(2,77)61(89)97-41-25-37(26-42(33-41)98-62(90)70(3,4)78)57-49-17-19-51(85-49)58(38-27-43(99-63(91)71(5,6)79)34-44(28-38)100-64(92)72(7,8)80)53-21-23-55(87-53)60(40-31-47(103-67(95)75(13,14)83)36-48(32-40)104-68(96)76(15,16)84)56-24-22-54(88-56)59(52-20-18-50(57)86-52)39-29-45(101-65(93)73(9,10)81)35-46(30-39)102-66(94)74(11,12)82/h17-36,85,88H,1-16H3. The van der Waals surface area contributed by atoms with Gasteiger partial charge in [0, 0.05) is 68.6 Å². The Balaban J connectivity index is 1.54. The van der Waals surface area contributed by atoms with Crippen LogP contribution in [0.4, 0.5) is 0 Å². The van der Waals surface area contributed by atoms with Crippen LogP contribution in [-0.4, -0.2) is 102 Å². The van der Waals surface area contributed by atoms with Gasteiger partial charge in [0.2, 0.25) is 0 Å². The first-order valence-corrected chi connectivity index (χ1v) is 38.2. The summed E-state index contributed by atoms with van der Waals surface area (Å²) >= 11 is 27.4. The minimum atomic E-state index is -1.19. The lowest BCUT2D eigenvalue weighted by atomic mass is 10.0. The number of rotatable bonds is 20.